The van der Waals surface area contributed by atoms with Crippen molar-refractivity contribution in [3.63, 3.8) is 0 Å². The summed E-state index contributed by atoms with van der Waals surface area (Å²) < 4.78 is 10.9. The van der Waals surface area contributed by atoms with Crippen LogP contribution in [0.4, 0.5) is 0 Å². The first kappa shape index (κ1) is 12.8. The Morgan fingerprint density at radius 3 is 2.85 bits per heavy atom. The normalized spacial score (nSPS) is 13.2. The van der Waals surface area contributed by atoms with Gasteiger partial charge in [-0.05, 0) is 26.2 Å². The third kappa shape index (κ3) is 2.43. The fourth-order valence-electron chi connectivity index (χ4n) is 2.05. The van der Waals surface area contributed by atoms with Crippen molar-refractivity contribution in [2.45, 2.75) is 6.04 Å². The monoisotopic (exact) mass is 272 g/mol. The Hall–Kier alpha value is -2.18. The van der Waals surface area contributed by atoms with Crippen molar-refractivity contribution in [3.8, 4) is 11.7 Å². The van der Waals surface area contributed by atoms with E-state index in [1.165, 1.54) is 0 Å². The van der Waals surface area contributed by atoms with Crippen molar-refractivity contribution < 1.29 is 8.94 Å². The summed E-state index contributed by atoms with van der Waals surface area (Å²) in [5, 5.41) is 4.92. The van der Waals surface area contributed by atoms with Gasteiger partial charge in [-0.3, -0.25) is 0 Å². The van der Waals surface area contributed by atoms with E-state index in [2.05, 4.69) is 10.1 Å². The van der Waals surface area contributed by atoms with E-state index >= 15 is 0 Å². The van der Waals surface area contributed by atoms with Crippen LogP contribution in [0.3, 0.4) is 0 Å². The van der Waals surface area contributed by atoms with Crippen LogP contribution in [0.5, 0.6) is 0 Å². The molecule has 1 atom stereocenters. The summed E-state index contributed by atoms with van der Waals surface area (Å²) in [7, 11) is 3.89. The highest BCUT2D eigenvalue weighted by molar-refractivity contribution is 5.81. The summed E-state index contributed by atoms with van der Waals surface area (Å²) in [5.41, 5.74) is 6.80. The smallest absolute Gasteiger partial charge is 0.293 e. The fourth-order valence-corrected chi connectivity index (χ4v) is 2.05. The number of nitrogens with zero attached hydrogens (tertiary/aromatic N) is 3. The van der Waals surface area contributed by atoms with E-state index in [0.717, 1.165) is 11.0 Å². The third-order valence-corrected chi connectivity index (χ3v) is 2.97. The molecular weight excluding hydrogens is 256 g/mol. The van der Waals surface area contributed by atoms with E-state index in [1.807, 2.05) is 49.3 Å². The molecule has 20 heavy (non-hydrogen) atoms. The number of aromatic nitrogens is 2. The molecule has 0 bridgehead atoms. The molecule has 1 aromatic carbocycles. The molecule has 6 heteroatoms. The second-order valence-electron chi connectivity index (χ2n) is 4.97. The minimum atomic E-state index is -0.285. The third-order valence-electron chi connectivity index (χ3n) is 2.97. The molecule has 0 spiro atoms. The maximum absolute atomic E-state index is 6.01. The Balaban J connectivity index is 1.89. The predicted octanol–water partition coefficient (Wildman–Crippen LogP) is 2.04. The molecule has 0 fully saturated rings. The SMILES string of the molecule is CN(C)CC(N)c1noc(-c2cc3ccccc3o2)n1. The first-order chi connectivity index (χ1) is 9.63. The average Bonchev–Trinajstić information content (AvgIpc) is 3.04. The van der Waals surface area contributed by atoms with E-state index in [9.17, 15) is 0 Å². The fraction of sp³-hybridized carbons (Fsp3) is 0.286. The number of hydrogen-bond donors (Lipinski definition) is 1. The van der Waals surface area contributed by atoms with Crippen LogP contribution in [-0.4, -0.2) is 35.7 Å². The Morgan fingerprint density at radius 2 is 2.10 bits per heavy atom. The lowest BCUT2D eigenvalue weighted by Gasteiger charge is -2.12. The lowest BCUT2D eigenvalue weighted by atomic mass is 10.2. The number of benzene rings is 1. The van der Waals surface area contributed by atoms with E-state index in [1.54, 1.807) is 0 Å². The Labute approximate surface area is 116 Å². The molecule has 3 aromatic rings. The number of hydrogen-bond acceptors (Lipinski definition) is 6. The van der Waals surface area contributed by atoms with Crippen molar-refractivity contribution >= 4 is 11.0 Å². The summed E-state index contributed by atoms with van der Waals surface area (Å²) in [6.07, 6.45) is 0. The summed E-state index contributed by atoms with van der Waals surface area (Å²) in [4.78, 5) is 6.28. The van der Waals surface area contributed by atoms with Crippen LogP contribution in [0.25, 0.3) is 22.6 Å². The van der Waals surface area contributed by atoms with Gasteiger partial charge in [0.05, 0.1) is 6.04 Å². The Kier molecular flexibility index (Phi) is 3.25. The summed E-state index contributed by atoms with van der Waals surface area (Å²) in [6.45, 7) is 0.652. The molecule has 0 saturated carbocycles. The molecule has 0 amide bonds. The zero-order valence-corrected chi connectivity index (χ0v) is 11.4. The van der Waals surface area contributed by atoms with Crippen LogP contribution in [-0.2, 0) is 0 Å². The molecule has 0 aliphatic rings. The summed E-state index contributed by atoms with van der Waals surface area (Å²) in [6, 6.07) is 9.33. The van der Waals surface area contributed by atoms with Crippen molar-refractivity contribution in [2.24, 2.45) is 5.73 Å². The van der Waals surface area contributed by atoms with Crippen molar-refractivity contribution in [3.05, 3.63) is 36.2 Å². The summed E-state index contributed by atoms with van der Waals surface area (Å²) in [5.74, 6) is 1.39. The molecule has 0 aliphatic heterocycles. The molecule has 104 valence electrons. The molecule has 3 rings (SSSR count). The topological polar surface area (TPSA) is 81.3 Å². The molecule has 0 aliphatic carbocycles. The number of furan rings is 1. The molecule has 1 unspecified atom stereocenters. The van der Waals surface area contributed by atoms with Gasteiger partial charge in [0.25, 0.3) is 5.89 Å². The second-order valence-corrected chi connectivity index (χ2v) is 4.97. The van der Waals surface area contributed by atoms with E-state index in [0.29, 0.717) is 24.0 Å². The molecule has 2 N–H and O–H groups in total. The van der Waals surface area contributed by atoms with Crippen LogP contribution < -0.4 is 5.73 Å². The van der Waals surface area contributed by atoms with Gasteiger partial charge in [0.15, 0.2) is 11.6 Å². The van der Waals surface area contributed by atoms with E-state index in [-0.39, 0.29) is 6.04 Å². The highest BCUT2D eigenvalue weighted by atomic mass is 16.5. The van der Waals surface area contributed by atoms with E-state index in [4.69, 9.17) is 14.7 Å². The van der Waals surface area contributed by atoms with Gasteiger partial charge in [-0.2, -0.15) is 4.98 Å². The van der Waals surface area contributed by atoms with Crippen LogP contribution >= 0.6 is 0 Å². The zero-order chi connectivity index (χ0) is 14.1. The van der Waals surface area contributed by atoms with Gasteiger partial charge in [-0.1, -0.05) is 23.4 Å². The van der Waals surface area contributed by atoms with Gasteiger partial charge < -0.3 is 19.6 Å². The van der Waals surface area contributed by atoms with Gasteiger partial charge in [0.2, 0.25) is 0 Å². The molecule has 2 aromatic heterocycles. The van der Waals surface area contributed by atoms with Gasteiger partial charge >= 0.3 is 0 Å². The van der Waals surface area contributed by atoms with Gasteiger partial charge in [-0.25, -0.2) is 0 Å². The Morgan fingerprint density at radius 1 is 1.30 bits per heavy atom. The second kappa shape index (κ2) is 5.07. The minimum absolute atomic E-state index is 0.285. The molecular formula is C14H16N4O2. The van der Waals surface area contributed by atoms with Crippen LogP contribution in [0, 0.1) is 0 Å². The van der Waals surface area contributed by atoms with Gasteiger partial charge in [0, 0.05) is 11.9 Å². The Bertz CT molecular complexity index is 684. The maximum Gasteiger partial charge on any atom is 0.293 e. The van der Waals surface area contributed by atoms with Gasteiger partial charge in [-0.15, -0.1) is 0 Å². The number of para-hydroxylation sites is 1. The quantitative estimate of drug-likeness (QED) is 0.782. The maximum atomic E-state index is 6.01. The average molecular weight is 272 g/mol. The highest BCUT2D eigenvalue weighted by Crippen LogP contribution is 2.26. The van der Waals surface area contributed by atoms with Crippen molar-refractivity contribution in [1.29, 1.82) is 0 Å². The largest absolute Gasteiger partial charge is 0.451 e. The van der Waals surface area contributed by atoms with Crippen molar-refractivity contribution in [1.82, 2.24) is 15.0 Å². The first-order valence-corrected chi connectivity index (χ1v) is 6.36. The molecule has 0 radical (unpaired) electrons. The molecule has 2 heterocycles. The first-order valence-electron chi connectivity index (χ1n) is 6.36. The molecule has 6 nitrogen and oxygen atoms in total. The predicted molar refractivity (Wildman–Crippen MR) is 75.0 cm³/mol. The minimum Gasteiger partial charge on any atom is -0.451 e. The lowest BCUT2D eigenvalue weighted by molar-refractivity contribution is 0.356. The number of fused-ring (bicyclic) bond motifs is 1. The van der Waals surface area contributed by atoms with Gasteiger partial charge in [0.1, 0.15) is 5.58 Å². The van der Waals surface area contributed by atoms with E-state index < -0.39 is 0 Å². The zero-order valence-electron chi connectivity index (χ0n) is 11.4. The molecule has 0 saturated heterocycles. The number of likely N-dealkylation sites (N-methyl/N-ethyl adjacent to an activating group) is 1. The highest BCUT2D eigenvalue weighted by Gasteiger charge is 2.18. The lowest BCUT2D eigenvalue weighted by Crippen LogP contribution is -2.26. The van der Waals surface area contributed by atoms with Crippen LogP contribution in [0.1, 0.15) is 11.9 Å². The van der Waals surface area contributed by atoms with Crippen molar-refractivity contribution in [2.75, 3.05) is 20.6 Å². The standard InChI is InChI=1S/C14H16N4O2/c1-18(2)8-10(15)13-16-14(20-17-13)12-7-9-5-3-4-6-11(9)19-12/h3-7,10H,8,15H2,1-2H3. The van der Waals surface area contributed by atoms with Crippen LogP contribution in [0.15, 0.2) is 39.3 Å². The summed E-state index contributed by atoms with van der Waals surface area (Å²) >= 11 is 0. The van der Waals surface area contributed by atoms with Crippen LogP contribution in [0.2, 0.25) is 0 Å². The number of nitrogens with two attached hydrogens (primary N) is 1. The number of rotatable bonds is 4.